The number of H-pyrrole nitrogens is 1. The second-order valence-electron chi connectivity index (χ2n) is 4.13. The van der Waals surface area contributed by atoms with E-state index in [-0.39, 0.29) is 12.6 Å². The van der Waals surface area contributed by atoms with Crippen molar-refractivity contribution in [2.24, 2.45) is 0 Å². The molecule has 0 fully saturated rings. The van der Waals surface area contributed by atoms with Gasteiger partial charge in [-0.3, -0.25) is 5.10 Å². The highest BCUT2D eigenvalue weighted by Crippen LogP contribution is 2.18. The van der Waals surface area contributed by atoms with Gasteiger partial charge >= 0.3 is 0 Å². The summed E-state index contributed by atoms with van der Waals surface area (Å²) in [5, 5.41) is 19.4. The van der Waals surface area contributed by atoms with Crippen LogP contribution in [0.25, 0.3) is 11.0 Å². The van der Waals surface area contributed by atoms with Gasteiger partial charge < -0.3 is 16.2 Å². The number of nitrogen functional groups attached to an aromatic ring is 1. The first-order chi connectivity index (χ1) is 8.81. The third-order valence-electron chi connectivity index (χ3n) is 2.70. The summed E-state index contributed by atoms with van der Waals surface area (Å²) in [6.07, 6.45) is 5.71. The Bertz CT molecular complexity index is 497. The molecule has 7 nitrogen and oxygen atoms in total. The van der Waals surface area contributed by atoms with Crippen molar-refractivity contribution in [2.75, 3.05) is 24.2 Å². The highest BCUT2D eigenvalue weighted by molar-refractivity contribution is 5.86. The fourth-order valence-electron chi connectivity index (χ4n) is 1.78. The molecule has 5 N–H and O–H groups in total. The first kappa shape index (κ1) is 12.6. The van der Waals surface area contributed by atoms with Crippen molar-refractivity contribution in [2.45, 2.75) is 25.7 Å². The summed E-state index contributed by atoms with van der Waals surface area (Å²) in [4.78, 5) is 8.21. The fraction of sp³-hybridized carbons (Fsp3) is 0.545. The summed E-state index contributed by atoms with van der Waals surface area (Å²) in [6, 6.07) is 0. The molecular weight excluding hydrogens is 232 g/mol. The molecule has 0 saturated heterocycles. The average molecular weight is 250 g/mol. The molecule has 2 aromatic heterocycles. The number of nitrogens with zero attached hydrogens (tertiary/aromatic N) is 3. The van der Waals surface area contributed by atoms with Crippen molar-refractivity contribution in [3.63, 3.8) is 0 Å². The van der Waals surface area contributed by atoms with Crippen molar-refractivity contribution in [3.05, 3.63) is 6.20 Å². The smallest absolute Gasteiger partial charge is 0.224 e. The molecule has 0 aliphatic carbocycles. The molecule has 0 amide bonds. The van der Waals surface area contributed by atoms with E-state index in [4.69, 9.17) is 10.8 Å². The molecule has 98 valence electrons. The van der Waals surface area contributed by atoms with E-state index in [9.17, 15) is 0 Å². The number of unbranched alkanes of at least 4 members (excludes halogenated alkanes) is 3. The third kappa shape index (κ3) is 3.07. The van der Waals surface area contributed by atoms with E-state index in [1.165, 1.54) is 0 Å². The number of aromatic amines is 1. The lowest BCUT2D eigenvalue weighted by atomic mass is 10.2. The van der Waals surface area contributed by atoms with Crippen LogP contribution in [0.1, 0.15) is 25.7 Å². The van der Waals surface area contributed by atoms with Crippen molar-refractivity contribution in [1.29, 1.82) is 0 Å². The molecule has 2 heterocycles. The summed E-state index contributed by atoms with van der Waals surface area (Å²) < 4.78 is 0. The largest absolute Gasteiger partial charge is 0.396 e. The standard InChI is InChI=1S/C11H18N6O/c12-11-15-9(8-7-14-17-10(8)16-11)13-5-3-1-2-4-6-18/h7,18H,1-6H2,(H4,12,13,14,15,16,17). The van der Waals surface area contributed by atoms with Gasteiger partial charge in [0, 0.05) is 13.2 Å². The maximum atomic E-state index is 8.67. The number of aliphatic hydroxyl groups excluding tert-OH is 1. The monoisotopic (exact) mass is 250 g/mol. The molecule has 0 saturated carbocycles. The number of anilines is 2. The minimum Gasteiger partial charge on any atom is -0.396 e. The number of nitrogens with one attached hydrogen (secondary N) is 2. The fourth-order valence-corrected chi connectivity index (χ4v) is 1.78. The summed E-state index contributed by atoms with van der Waals surface area (Å²) in [6.45, 7) is 1.09. The molecule has 0 aliphatic rings. The molecule has 0 aliphatic heterocycles. The van der Waals surface area contributed by atoms with Crippen LogP contribution in [0.15, 0.2) is 6.20 Å². The highest BCUT2D eigenvalue weighted by atomic mass is 16.2. The Morgan fingerprint density at radius 1 is 1.22 bits per heavy atom. The minimum absolute atomic E-state index is 0.231. The van der Waals surface area contributed by atoms with Gasteiger partial charge in [-0.2, -0.15) is 15.1 Å². The van der Waals surface area contributed by atoms with Crippen LogP contribution in [0.2, 0.25) is 0 Å². The summed E-state index contributed by atoms with van der Waals surface area (Å²) in [5.41, 5.74) is 6.26. The van der Waals surface area contributed by atoms with E-state index >= 15 is 0 Å². The quantitative estimate of drug-likeness (QED) is 0.543. The van der Waals surface area contributed by atoms with Crippen LogP contribution in [-0.2, 0) is 0 Å². The lowest BCUT2D eigenvalue weighted by Crippen LogP contribution is -2.06. The Hall–Kier alpha value is -1.89. The normalized spacial score (nSPS) is 10.9. The molecule has 0 atom stereocenters. The minimum atomic E-state index is 0.231. The topological polar surface area (TPSA) is 113 Å². The van der Waals surface area contributed by atoms with Gasteiger partial charge in [-0.25, -0.2) is 0 Å². The van der Waals surface area contributed by atoms with Crippen molar-refractivity contribution >= 4 is 22.8 Å². The van der Waals surface area contributed by atoms with Gasteiger partial charge in [0.1, 0.15) is 5.82 Å². The zero-order chi connectivity index (χ0) is 12.8. The van der Waals surface area contributed by atoms with E-state index in [1.54, 1.807) is 6.20 Å². The molecule has 0 spiro atoms. The van der Waals surface area contributed by atoms with Gasteiger partial charge in [0.25, 0.3) is 0 Å². The van der Waals surface area contributed by atoms with Crippen LogP contribution in [0, 0.1) is 0 Å². The lowest BCUT2D eigenvalue weighted by Gasteiger charge is -2.06. The molecule has 0 bridgehead atoms. The zero-order valence-corrected chi connectivity index (χ0v) is 10.2. The first-order valence-corrected chi connectivity index (χ1v) is 6.12. The molecule has 2 rings (SSSR count). The maximum absolute atomic E-state index is 8.67. The Morgan fingerprint density at radius 3 is 2.89 bits per heavy atom. The van der Waals surface area contributed by atoms with Crippen molar-refractivity contribution < 1.29 is 5.11 Å². The number of hydrogen-bond acceptors (Lipinski definition) is 6. The molecule has 0 unspecified atom stereocenters. The summed E-state index contributed by atoms with van der Waals surface area (Å²) in [7, 11) is 0. The van der Waals surface area contributed by atoms with Crippen LogP contribution in [0.5, 0.6) is 0 Å². The number of hydrogen-bond donors (Lipinski definition) is 4. The van der Waals surface area contributed by atoms with E-state index in [1.807, 2.05) is 0 Å². The third-order valence-corrected chi connectivity index (χ3v) is 2.70. The van der Waals surface area contributed by atoms with Gasteiger partial charge in [-0.05, 0) is 12.8 Å². The molecule has 0 aromatic carbocycles. The van der Waals surface area contributed by atoms with Crippen LogP contribution < -0.4 is 11.1 Å². The van der Waals surface area contributed by atoms with Gasteiger partial charge in [0.2, 0.25) is 5.95 Å². The predicted octanol–water partition coefficient (Wildman–Crippen LogP) is 0.900. The van der Waals surface area contributed by atoms with Crippen molar-refractivity contribution in [1.82, 2.24) is 20.2 Å². The van der Waals surface area contributed by atoms with Gasteiger partial charge in [-0.1, -0.05) is 12.8 Å². The first-order valence-electron chi connectivity index (χ1n) is 6.12. The Labute approximate surface area is 105 Å². The summed E-state index contributed by atoms with van der Waals surface area (Å²) >= 11 is 0. The van der Waals surface area contributed by atoms with Crippen LogP contribution in [0.4, 0.5) is 11.8 Å². The Kier molecular flexibility index (Phi) is 4.30. The van der Waals surface area contributed by atoms with Crippen LogP contribution in [-0.4, -0.2) is 38.4 Å². The van der Waals surface area contributed by atoms with E-state index in [0.717, 1.165) is 37.6 Å². The Balaban J connectivity index is 1.89. The number of fused-ring (bicyclic) bond motifs is 1. The van der Waals surface area contributed by atoms with Crippen molar-refractivity contribution in [3.8, 4) is 0 Å². The molecular formula is C11H18N6O. The highest BCUT2D eigenvalue weighted by Gasteiger charge is 2.06. The molecule has 2 aromatic rings. The van der Waals surface area contributed by atoms with E-state index in [0.29, 0.717) is 11.5 Å². The lowest BCUT2D eigenvalue weighted by molar-refractivity contribution is 0.283. The zero-order valence-electron chi connectivity index (χ0n) is 10.2. The van der Waals surface area contributed by atoms with E-state index < -0.39 is 0 Å². The number of nitrogens with two attached hydrogens (primary N) is 1. The molecule has 0 radical (unpaired) electrons. The second-order valence-corrected chi connectivity index (χ2v) is 4.13. The van der Waals surface area contributed by atoms with Crippen LogP contribution >= 0.6 is 0 Å². The van der Waals surface area contributed by atoms with Gasteiger partial charge in [0.15, 0.2) is 5.65 Å². The Morgan fingerprint density at radius 2 is 2.06 bits per heavy atom. The number of aromatic nitrogens is 4. The van der Waals surface area contributed by atoms with Crippen LogP contribution in [0.3, 0.4) is 0 Å². The molecule has 7 heteroatoms. The number of aliphatic hydroxyl groups is 1. The average Bonchev–Trinajstić information content (AvgIpc) is 2.81. The molecule has 18 heavy (non-hydrogen) atoms. The number of rotatable bonds is 7. The van der Waals surface area contributed by atoms with Gasteiger partial charge in [-0.15, -0.1) is 0 Å². The van der Waals surface area contributed by atoms with Gasteiger partial charge in [0.05, 0.1) is 11.6 Å². The maximum Gasteiger partial charge on any atom is 0.224 e. The summed E-state index contributed by atoms with van der Waals surface area (Å²) in [5.74, 6) is 0.947. The predicted molar refractivity (Wildman–Crippen MR) is 70.1 cm³/mol. The second kappa shape index (κ2) is 6.15. The van der Waals surface area contributed by atoms with E-state index in [2.05, 4.69) is 25.5 Å². The SMILES string of the molecule is Nc1nc(NCCCCCCO)c2cn[nH]c2n1.